The number of nitrogens with one attached hydrogen (secondary N) is 1. The van der Waals surface area contributed by atoms with Crippen LogP contribution < -0.4 is 0 Å². The van der Waals surface area contributed by atoms with E-state index in [1.54, 1.807) is 0 Å². The normalized spacial score (nSPS) is 23.7. The lowest BCUT2D eigenvalue weighted by Gasteiger charge is -2.14. The number of hydrogen-bond donors (Lipinski definition) is 1. The minimum Gasteiger partial charge on any atom is -0.308 e. The highest BCUT2D eigenvalue weighted by atomic mass is 14.3. The van der Waals surface area contributed by atoms with Crippen LogP contribution >= 0.6 is 0 Å². The van der Waals surface area contributed by atoms with Crippen molar-refractivity contribution in [3.05, 3.63) is 35.5 Å². The number of hydrogen-bond acceptors (Lipinski definition) is 1. The predicted octanol–water partition coefficient (Wildman–Crippen LogP) is 3.10. The predicted molar refractivity (Wildman–Crippen MR) is 53.5 cm³/mol. The molecule has 0 bridgehead atoms. The SMILES string of the molecule is CC1=CC=CCC1/C=C(/C)C=N. The standard InChI is InChI=1S/C11H15N/c1-9(8-12)7-11-6-4-3-5-10(11)2/h3-5,7-8,11-12H,6H2,1-2H3/b9-7-,12-8?. The van der Waals surface area contributed by atoms with E-state index in [0.717, 1.165) is 12.0 Å². The Morgan fingerprint density at radius 1 is 1.67 bits per heavy atom. The minimum atomic E-state index is 0.511. The second-order valence-corrected chi connectivity index (χ2v) is 3.24. The average Bonchev–Trinajstić information content (AvgIpc) is 2.09. The van der Waals surface area contributed by atoms with Gasteiger partial charge in [-0.3, -0.25) is 0 Å². The van der Waals surface area contributed by atoms with E-state index in [0.29, 0.717) is 5.92 Å². The largest absolute Gasteiger partial charge is 0.308 e. The van der Waals surface area contributed by atoms with Gasteiger partial charge in [0.15, 0.2) is 0 Å². The Balaban J connectivity index is 2.72. The first-order valence-electron chi connectivity index (χ1n) is 4.26. The highest BCUT2D eigenvalue weighted by molar-refractivity contribution is 5.74. The summed E-state index contributed by atoms with van der Waals surface area (Å²) in [6.07, 6.45) is 11.0. The molecular weight excluding hydrogens is 146 g/mol. The Morgan fingerprint density at radius 2 is 2.42 bits per heavy atom. The Labute approximate surface area is 74.0 Å². The van der Waals surface area contributed by atoms with Crippen molar-refractivity contribution in [3.8, 4) is 0 Å². The van der Waals surface area contributed by atoms with Crippen molar-refractivity contribution in [2.45, 2.75) is 20.3 Å². The van der Waals surface area contributed by atoms with E-state index in [1.165, 1.54) is 11.8 Å². The molecule has 0 aromatic rings. The van der Waals surface area contributed by atoms with Crippen LogP contribution in [0.4, 0.5) is 0 Å². The Morgan fingerprint density at radius 3 is 3.00 bits per heavy atom. The molecule has 0 amide bonds. The van der Waals surface area contributed by atoms with Crippen molar-refractivity contribution in [2.24, 2.45) is 5.92 Å². The lowest BCUT2D eigenvalue weighted by atomic mass is 9.91. The van der Waals surface area contributed by atoms with Gasteiger partial charge in [-0.15, -0.1) is 0 Å². The van der Waals surface area contributed by atoms with Crippen molar-refractivity contribution in [3.63, 3.8) is 0 Å². The molecule has 1 unspecified atom stereocenters. The Bertz CT molecular complexity index is 256. The number of allylic oxidation sites excluding steroid dienone is 6. The first-order valence-corrected chi connectivity index (χ1v) is 4.26. The molecule has 1 nitrogen and oxygen atoms in total. The maximum atomic E-state index is 7.06. The molecule has 1 rings (SSSR count). The van der Waals surface area contributed by atoms with Gasteiger partial charge in [0.2, 0.25) is 0 Å². The van der Waals surface area contributed by atoms with Crippen LogP contribution in [0.3, 0.4) is 0 Å². The third-order valence-electron chi connectivity index (χ3n) is 2.16. The van der Waals surface area contributed by atoms with Gasteiger partial charge < -0.3 is 5.41 Å². The van der Waals surface area contributed by atoms with Gasteiger partial charge in [-0.05, 0) is 25.8 Å². The molecule has 0 radical (unpaired) electrons. The molecule has 12 heavy (non-hydrogen) atoms. The summed E-state index contributed by atoms with van der Waals surface area (Å²) in [5.41, 5.74) is 2.43. The fraction of sp³-hybridized carbons (Fsp3) is 0.364. The highest BCUT2D eigenvalue weighted by Gasteiger charge is 2.07. The highest BCUT2D eigenvalue weighted by Crippen LogP contribution is 2.21. The monoisotopic (exact) mass is 161 g/mol. The van der Waals surface area contributed by atoms with E-state index in [9.17, 15) is 0 Å². The van der Waals surface area contributed by atoms with Crippen LogP contribution in [0.25, 0.3) is 0 Å². The van der Waals surface area contributed by atoms with Gasteiger partial charge in [0.25, 0.3) is 0 Å². The summed E-state index contributed by atoms with van der Waals surface area (Å²) >= 11 is 0. The third-order valence-corrected chi connectivity index (χ3v) is 2.16. The van der Waals surface area contributed by atoms with Crippen molar-refractivity contribution in [1.29, 1.82) is 5.41 Å². The smallest absolute Gasteiger partial charge is 0.0204 e. The second-order valence-electron chi connectivity index (χ2n) is 3.24. The summed E-state index contributed by atoms with van der Waals surface area (Å²) in [6.45, 7) is 4.11. The zero-order chi connectivity index (χ0) is 8.97. The molecule has 0 aromatic carbocycles. The zero-order valence-corrected chi connectivity index (χ0v) is 7.67. The molecule has 1 aliphatic carbocycles. The topological polar surface area (TPSA) is 23.9 Å². The van der Waals surface area contributed by atoms with Gasteiger partial charge in [0.05, 0.1) is 0 Å². The Kier molecular flexibility index (Phi) is 3.03. The summed E-state index contributed by atoms with van der Waals surface area (Å²) < 4.78 is 0. The molecular formula is C11H15N. The molecule has 1 atom stereocenters. The molecule has 0 fully saturated rings. The maximum Gasteiger partial charge on any atom is 0.0204 e. The molecule has 0 aliphatic heterocycles. The molecule has 1 N–H and O–H groups in total. The lowest BCUT2D eigenvalue weighted by molar-refractivity contribution is 0.761. The molecule has 1 heteroatoms. The molecule has 0 spiro atoms. The van der Waals surface area contributed by atoms with E-state index in [4.69, 9.17) is 5.41 Å². The van der Waals surface area contributed by atoms with Crippen LogP contribution in [0, 0.1) is 11.3 Å². The summed E-state index contributed by atoms with van der Waals surface area (Å²) in [5, 5.41) is 7.06. The maximum absolute atomic E-state index is 7.06. The summed E-state index contributed by atoms with van der Waals surface area (Å²) in [5.74, 6) is 0.511. The van der Waals surface area contributed by atoms with Crippen molar-refractivity contribution < 1.29 is 0 Å². The summed E-state index contributed by atoms with van der Waals surface area (Å²) in [4.78, 5) is 0. The third kappa shape index (κ3) is 2.19. The first kappa shape index (κ1) is 8.98. The van der Waals surface area contributed by atoms with Crippen molar-refractivity contribution >= 4 is 6.21 Å². The molecule has 0 saturated carbocycles. The average molecular weight is 161 g/mol. The van der Waals surface area contributed by atoms with E-state index in [2.05, 4.69) is 31.2 Å². The fourth-order valence-corrected chi connectivity index (χ4v) is 1.32. The molecule has 1 aliphatic rings. The molecule has 64 valence electrons. The van der Waals surface area contributed by atoms with E-state index in [-0.39, 0.29) is 0 Å². The van der Waals surface area contributed by atoms with Gasteiger partial charge in [0.1, 0.15) is 0 Å². The van der Waals surface area contributed by atoms with Gasteiger partial charge in [-0.2, -0.15) is 0 Å². The molecule has 0 heterocycles. The molecule has 0 aromatic heterocycles. The first-order chi connectivity index (χ1) is 5.74. The fourth-order valence-electron chi connectivity index (χ4n) is 1.32. The van der Waals surface area contributed by atoms with Gasteiger partial charge in [-0.25, -0.2) is 0 Å². The van der Waals surface area contributed by atoms with E-state index >= 15 is 0 Å². The van der Waals surface area contributed by atoms with Crippen LogP contribution in [-0.2, 0) is 0 Å². The van der Waals surface area contributed by atoms with E-state index < -0.39 is 0 Å². The number of rotatable bonds is 2. The van der Waals surface area contributed by atoms with Crippen LogP contribution in [0.1, 0.15) is 20.3 Å². The quantitative estimate of drug-likeness (QED) is 0.602. The van der Waals surface area contributed by atoms with E-state index in [1.807, 2.05) is 6.92 Å². The second kappa shape index (κ2) is 4.05. The summed E-state index contributed by atoms with van der Waals surface area (Å²) in [6, 6.07) is 0. The lowest BCUT2D eigenvalue weighted by Crippen LogP contribution is -2.00. The van der Waals surface area contributed by atoms with Gasteiger partial charge in [-0.1, -0.05) is 29.9 Å². The van der Waals surface area contributed by atoms with Crippen molar-refractivity contribution in [2.75, 3.05) is 0 Å². The Hall–Kier alpha value is -1.11. The van der Waals surface area contributed by atoms with Crippen LogP contribution in [-0.4, -0.2) is 6.21 Å². The van der Waals surface area contributed by atoms with Crippen LogP contribution in [0.15, 0.2) is 35.5 Å². The van der Waals surface area contributed by atoms with Crippen LogP contribution in [0.5, 0.6) is 0 Å². The summed E-state index contributed by atoms with van der Waals surface area (Å²) in [7, 11) is 0. The minimum absolute atomic E-state index is 0.511. The molecule has 0 saturated heterocycles. The van der Waals surface area contributed by atoms with Gasteiger partial charge in [0, 0.05) is 12.1 Å². The van der Waals surface area contributed by atoms with Crippen molar-refractivity contribution in [1.82, 2.24) is 0 Å². The zero-order valence-electron chi connectivity index (χ0n) is 7.67. The van der Waals surface area contributed by atoms with Gasteiger partial charge >= 0.3 is 0 Å². The van der Waals surface area contributed by atoms with Crippen LogP contribution in [0.2, 0.25) is 0 Å².